The number of rotatable bonds is 6. The van der Waals surface area contributed by atoms with Gasteiger partial charge >= 0.3 is 6.18 Å². The lowest BCUT2D eigenvalue weighted by molar-refractivity contribution is -0.384. The fourth-order valence-corrected chi connectivity index (χ4v) is 3.07. The Bertz CT molecular complexity index is 858. The van der Waals surface area contributed by atoms with Crippen LogP contribution in [-0.4, -0.2) is 23.2 Å². The molecule has 0 aliphatic rings. The lowest BCUT2D eigenvalue weighted by atomic mass is 10.2. The number of nitro groups is 1. The fraction of sp³-hybridized carbons (Fsp3) is 0.235. The van der Waals surface area contributed by atoms with Gasteiger partial charge in [-0.3, -0.25) is 14.9 Å². The molecule has 0 unspecified atom stereocenters. The Labute approximate surface area is 156 Å². The summed E-state index contributed by atoms with van der Waals surface area (Å²) in [5.74, 6) is -0.304. The van der Waals surface area contributed by atoms with Crippen molar-refractivity contribution in [1.29, 1.82) is 0 Å². The Morgan fingerprint density at radius 2 is 1.96 bits per heavy atom. The number of hydrogen-bond acceptors (Lipinski definition) is 5. The van der Waals surface area contributed by atoms with Crippen LogP contribution in [0, 0.1) is 10.1 Å². The van der Waals surface area contributed by atoms with E-state index < -0.39 is 27.8 Å². The maximum absolute atomic E-state index is 12.8. The first kappa shape index (κ1) is 20.6. The molecule has 0 radical (unpaired) electrons. The Balaban J connectivity index is 2.15. The normalized spacial score (nSPS) is 12.3. The van der Waals surface area contributed by atoms with Gasteiger partial charge in [0.2, 0.25) is 5.91 Å². The highest BCUT2D eigenvalue weighted by Crippen LogP contribution is 2.34. The minimum atomic E-state index is -4.47. The number of thioether (sulfide) groups is 1. The third-order valence-corrected chi connectivity index (χ3v) is 4.59. The van der Waals surface area contributed by atoms with E-state index in [-0.39, 0.29) is 22.0 Å². The topological polar surface area (TPSA) is 81.5 Å². The molecule has 0 aliphatic carbocycles. The van der Waals surface area contributed by atoms with Crippen LogP contribution in [0.2, 0.25) is 0 Å². The van der Waals surface area contributed by atoms with Gasteiger partial charge in [-0.05, 0) is 31.2 Å². The molecule has 2 aromatic rings. The summed E-state index contributed by atoms with van der Waals surface area (Å²) in [6.07, 6.45) is -4.47. The number of hydrogen-bond donors (Lipinski definition) is 1. The average Bonchev–Trinajstić information content (AvgIpc) is 2.61. The van der Waals surface area contributed by atoms with Gasteiger partial charge in [-0.25, -0.2) is 0 Å². The molecule has 6 nitrogen and oxygen atoms in total. The van der Waals surface area contributed by atoms with E-state index >= 15 is 0 Å². The van der Waals surface area contributed by atoms with Gasteiger partial charge in [-0.2, -0.15) is 13.2 Å². The number of carbonyl (C=O) groups is 1. The number of amides is 1. The van der Waals surface area contributed by atoms with Crippen LogP contribution in [0.1, 0.15) is 12.5 Å². The van der Waals surface area contributed by atoms with Crippen LogP contribution in [0.3, 0.4) is 0 Å². The van der Waals surface area contributed by atoms with Gasteiger partial charge in [0.25, 0.3) is 5.69 Å². The predicted molar refractivity (Wildman–Crippen MR) is 95.0 cm³/mol. The first-order valence-corrected chi connectivity index (χ1v) is 8.47. The Morgan fingerprint density at radius 1 is 1.26 bits per heavy atom. The van der Waals surface area contributed by atoms with Gasteiger partial charge in [0.15, 0.2) is 0 Å². The lowest BCUT2D eigenvalue weighted by Gasteiger charge is -2.15. The molecule has 0 saturated heterocycles. The van der Waals surface area contributed by atoms with E-state index in [4.69, 9.17) is 4.74 Å². The van der Waals surface area contributed by atoms with Crippen LogP contribution in [0.25, 0.3) is 0 Å². The van der Waals surface area contributed by atoms with Crippen molar-refractivity contribution < 1.29 is 27.6 Å². The number of nitrogens with one attached hydrogen (secondary N) is 1. The highest BCUT2D eigenvalue weighted by molar-refractivity contribution is 8.00. The number of methoxy groups -OCH3 is 1. The summed E-state index contributed by atoms with van der Waals surface area (Å²) in [6.45, 7) is 1.52. The van der Waals surface area contributed by atoms with Crippen molar-refractivity contribution in [1.82, 2.24) is 0 Å². The number of nitro benzene ring substituents is 1. The number of ether oxygens (including phenoxy) is 1. The minimum Gasteiger partial charge on any atom is -0.495 e. The third-order valence-electron chi connectivity index (χ3n) is 3.50. The molecule has 0 heterocycles. The van der Waals surface area contributed by atoms with E-state index in [9.17, 15) is 28.1 Å². The highest BCUT2D eigenvalue weighted by Gasteiger charge is 2.30. The first-order valence-electron chi connectivity index (χ1n) is 7.59. The summed E-state index contributed by atoms with van der Waals surface area (Å²) in [7, 11) is 1.34. The fourth-order valence-electron chi connectivity index (χ4n) is 2.14. The molecule has 144 valence electrons. The Kier molecular flexibility index (Phi) is 6.32. The third kappa shape index (κ3) is 5.36. The molecule has 0 saturated carbocycles. The van der Waals surface area contributed by atoms with Gasteiger partial charge in [-0.15, -0.1) is 11.8 Å². The van der Waals surface area contributed by atoms with E-state index in [2.05, 4.69) is 5.32 Å². The lowest BCUT2D eigenvalue weighted by Crippen LogP contribution is -2.22. The molecule has 1 atom stereocenters. The number of non-ortho nitro benzene ring substituents is 1. The number of alkyl halides is 3. The van der Waals surface area contributed by atoms with Crippen LogP contribution in [0.5, 0.6) is 5.75 Å². The summed E-state index contributed by atoms with van der Waals surface area (Å²) in [4.78, 5) is 22.9. The minimum absolute atomic E-state index is 0.105. The van der Waals surface area contributed by atoms with E-state index in [0.29, 0.717) is 0 Å². The predicted octanol–water partition coefficient (Wildman–Crippen LogP) is 4.74. The zero-order chi connectivity index (χ0) is 20.2. The van der Waals surface area contributed by atoms with Crippen molar-refractivity contribution in [2.45, 2.75) is 23.2 Å². The molecular formula is C17H15F3N2O4S. The van der Waals surface area contributed by atoms with E-state index in [1.54, 1.807) is 0 Å². The van der Waals surface area contributed by atoms with Crippen molar-refractivity contribution in [2.75, 3.05) is 12.4 Å². The number of benzene rings is 2. The maximum Gasteiger partial charge on any atom is 0.416 e. The van der Waals surface area contributed by atoms with Crippen molar-refractivity contribution in [3.05, 3.63) is 58.1 Å². The summed E-state index contributed by atoms with van der Waals surface area (Å²) >= 11 is 0.938. The maximum atomic E-state index is 12.8. The van der Waals surface area contributed by atoms with Crippen LogP contribution in [0.15, 0.2) is 47.4 Å². The van der Waals surface area contributed by atoms with Crippen molar-refractivity contribution >= 4 is 29.0 Å². The number of carbonyl (C=O) groups excluding carboxylic acids is 1. The van der Waals surface area contributed by atoms with E-state index in [1.807, 2.05) is 0 Å². The van der Waals surface area contributed by atoms with Crippen LogP contribution >= 0.6 is 11.8 Å². The summed E-state index contributed by atoms with van der Waals surface area (Å²) < 4.78 is 43.4. The van der Waals surface area contributed by atoms with E-state index in [0.717, 1.165) is 30.0 Å². The number of nitrogens with zero attached hydrogens (tertiary/aromatic N) is 1. The number of halogens is 3. The molecule has 0 aliphatic heterocycles. The molecule has 0 spiro atoms. The van der Waals surface area contributed by atoms with Crippen LogP contribution in [0.4, 0.5) is 24.5 Å². The first-order chi connectivity index (χ1) is 12.6. The molecule has 2 aromatic carbocycles. The van der Waals surface area contributed by atoms with Gasteiger partial charge in [0.1, 0.15) is 5.75 Å². The van der Waals surface area contributed by atoms with E-state index in [1.165, 1.54) is 38.3 Å². The van der Waals surface area contributed by atoms with Gasteiger partial charge < -0.3 is 10.1 Å². The molecule has 0 bridgehead atoms. The van der Waals surface area contributed by atoms with Crippen LogP contribution < -0.4 is 10.1 Å². The Hall–Kier alpha value is -2.75. The molecule has 1 N–H and O–H groups in total. The quantitative estimate of drug-likeness (QED) is 0.430. The average molecular weight is 400 g/mol. The number of anilines is 1. The molecular weight excluding hydrogens is 385 g/mol. The van der Waals surface area contributed by atoms with Gasteiger partial charge in [0, 0.05) is 17.0 Å². The second-order valence-corrected chi connectivity index (χ2v) is 6.83. The van der Waals surface area contributed by atoms with Crippen LogP contribution in [-0.2, 0) is 11.0 Å². The SMILES string of the molecule is COc1ccc([N+](=O)[O-])cc1NC(=O)[C@H](C)Sc1cccc(C(F)(F)F)c1. The van der Waals surface area contributed by atoms with Crippen molar-refractivity contribution in [3.8, 4) is 5.75 Å². The van der Waals surface area contributed by atoms with Gasteiger partial charge in [-0.1, -0.05) is 6.07 Å². The van der Waals surface area contributed by atoms with Crippen molar-refractivity contribution in [2.24, 2.45) is 0 Å². The van der Waals surface area contributed by atoms with Gasteiger partial charge in [0.05, 0.1) is 28.5 Å². The van der Waals surface area contributed by atoms with Crippen molar-refractivity contribution in [3.63, 3.8) is 0 Å². The molecule has 27 heavy (non-hydrogen) atoms. The zero-order valence-electron chi connectivity index (χ0n) is 14.2. The Morgan fingerprint density at radius 3 is 2.56 bits per heavy atom. The molecule has 1 amide bonds. The summed E-state index contributed by atoms with van der Waals surface area (Å²) in [5.41, 5.74) is -0.932. The summed E-state index contributed by atoms with van der Waals surface area (Å²) in [6, 6.07) is 8.37. The zero-order valence-corrected chi connectivity index (χ0v) is 15.1. The molecule has 0 fully saturated rings. The standard InChI is InChI=1S/C17H15F3N2O4S/c1-10(27-13-5-3-4-11(8-13)17(18,19)20)16(23)21-14-9-12(22(24)25)6-7-15(14)26-2/h3-10H,1-2H3,(H,21,23)/t10-/m0/s1. The second kappa shape index (κ2) is 8.30. The smallest absolute Gasteiger partial charge is 0.416 e. The molecule has 0 aromatic heterocycles. The molecule has 10 heteroatoms. The summed E-state index contributed by atoms with van der Waals surface area (Å²) in [5, 5.41) is 12.6. The second-order valence-electron chi connectivity index (χ2n) is 5.42. The molecule has 2 rings (SSSR count). The monoisotopic (exact) mass is 400 g/mol. The largest absolute Gasteiger partial charge is 0.495 e. The highest BCUT2D eigenvalue weighted by atomic mass is 32.2.